The minimum absolute atomic E-state index is 0.754. The van der Waals surface area contributed by atoms with Crippen LogP contribution in [0, 0.1) is 12.8 Å². The number of halogens is 1. The summed E-state index contributed by atoms with van der Waals surface area (Å²) in [6.45, 7) is 4.28. The minimum Gasteiger partial charge on any atom is -0.496 e. The second-order valence-electron chi connectivity index (χ2n) is 4.81. The summed E-state index contributed by atoms with van der Waals surface area (Å²) in [5.41, 5.74) is 2.33. The zero-order chi connectivity index (χ0) is 12.3. The highest BCUT2D eigenvalue weighted by Crippen LogP contribution is 2.30. The molecule has 1 aromatic carbocycles. The molecule has 0 spiro atoms. The molecule has 1 saturated heterocycles. The van der Waals surface area contributed by atoms with Crippen molar-refractivity contribution in [3.63, 3.8) is 0 Å². The maximum absolute atomic E-state index is 6.19. The monoisotopic (exact) mass is 253 g/mol. The van der Waals surface area contributed by atoms with E-state index < -0.39 is 0 Å². The molecule has 94 valence electrons. The van der Waals surface area contributed by atoms with Crippen LogP contribution in [0.2, 0.25) is 5.02 Å². The van der Waals surface area contributed by atoms with E-state index in [-0.39, 0.29) is 0 Å². The van der Waals surface area contributed by atoms with Crippen molar-refractivity contribution in [3.8, 4) is 5.75 Å². The summed E-state index contributed by atoms with van der Waals surface area (Å²) in [6, 6.07) is 4.11. The molecule has 3 heteroatoms. The lowest BCUT2D eigenvalue weighted by atomic mass is 9.90. The van der Waals surface area contributed by atoms with Crippen molar-refractivity contribution in [1.82, 2.24) is 5.32 Å². The van der Waals surface area contributed by atoms with Gasteiger partial charge in [0.1, 0.15) is 5.75 Å². The van der Waals surface area contributed by atoms with Gasteiger partial charge in [-0.15, -0.1) is 0 Å². The minimum atomic E-state index is 0.754. The molecular weight excluding hydrogens is 234 g/mol. The number of ether oxygens (including phenoxy) is 1. The molecule has 2 rings (SSSR count). The zero-order valence-electron chi connectivity index (χ0n) is 10.6. The molecule has 1 aromatic rings. The number of aryl methyl sites for hydroxylation is 1. The Kier molecular flexibility index (Phi) is 4.30. The van der Waals surface area contributed by atoms with Crippen LogP contribution in [-0.2, 0) is 6.42 Å². The lowest BCUT2D eigenvalue weighted by molar-refractivity contribution is 0.361. The van der Waals surface area contributed by atoms with E-state index in [1.807, 2.05) is 13.0 Å². The summed E-state index contributed by atoms with van der Waals surface area (Å²) in [5.74, 6) is 1.73. The topological polar surface area (TPSA) is 21.3 Å². The SMILES string of the molecule is COc1cc(C)c(Cl)cc1CC1CCNCC1. The zero-order valence-corrected chi connectivity index (χ0v) is 11.3. The summed E-state index contributed by atoms with van der Waals surface area (Å²) >= 11 is 6.19. The second-order valence-corrected chi connectivity index (χ2v) is 5.22. The Morgan fingerprint density at radius 3 is 2.71 bits per heavy atom. The molecule has 0 unspecified atom stereocenters. The van der Waals surface area contributed by atoms with Gasteiger partial charge in [0.05, 0.1) is 7.11 Å². The lowest BCUT2D eigenvalue weighted by Gasteiger charge is -2.23. The summed E-state index contributed by atoms with van der Waals surface area (Å²) in [5, 5.41) is 4.23. The summed E-state index contributed by atoms with van der Waals surface area (Å²) < 4.78 is 5.45. The van der Waals surface area contributed by atoms with Gasteiger partial charge in [0.2, 0.25) is 0 Å². The lowest BCUT2D eigenvalue weighted by Crippen LogP contribution is -2.28. The fourth-order valence-corrected chi connectivity index (χ4v) is 2.63. The van der Waals surface area contributed by atoms with Gasteiger partial charge in [-0.2, -0.15) is 0 Å². The van der Waals surface area contributed by atoms with E-state index in [0.29, 0.717) is 0 Å². The van der Waals surface area contributed by atoms with Gasteiger partial charge in [-0.05, 0) is 68.5 Å². The first-order valence-corrected chi connectivity index (χ1v) is 6.62. The molecule has 1 N–H and O–H groups in total. The number of piperidine rings is 1. The van der Waals surface area contributed by atoms with Gasteiger partial charge >= 0.3 is 0 Å². The van der Waals surface area contributed by atoms with E-state index in [2.05, 4.69) is 11.4 Å². The van der Waals surface area contributed by atoms with Crippen molar-refractivity contribution >= 4 is 11.6 Å². The molecule has 0 amide bonds. The van der Waals surface area contributed by atoms with Crippen molar-refractivity contribution in [3.05, 3.63) is 28.3 Å². The molecule has 17 heavy (non-hydrogen) atoms. The Labute approximate surface area is 108 Å². The van der Waals surface area contributed by atoms with Gasteiger partial charge in [0.25, 0.3) is 0 Å². The molecule has 0 saturated carbocycles. The fourth-order valence-electron chi connectivity index (χ4n) is 2.44. The van der Waals surface area contributed by atoms with Gasteiger partial charge in [0.15, 0.2) is 0 Å². The summed E-state index contributed by atoms with van der Waals surface area (Å²) in [7, 11) is 1.73. The van der Waals surface area contributed by atoms with Crippen molar-refractivity contribution in [2.45, 2.75) is 26.2 Å². The fraction of sp³-hybridized carbons (Fsp3) is 0.571. The Balaban J connectivity index is 2.15. The third-order valence-corrected chi connectivity index (χ3v) is 3.94. The molecule has 1 aliphatic rings. The molecule has 0 atom stereocenters. The normalized spacial score (nSPS) is 17.1. The van der Waals surface area contributed by atoms with Crippen LogP contribution in [0.15, 0.2) is 12.1 Å². The van der Waals surface area contributed by atoms with Crippen LogP contribution in [0.5, 0.6) is 5.75 Å². The molecule has 1 aliphatic heterocycles. The third-order valence-electron chi connectivity index (χ3n) is 3.53. The van der Waals surface area contributed by atoms with E-state index in [1.165, 1.54) is 18.4 Å². The molecule has 1 fully saturated rings. The van der Waals surface area contributed by atoms with Crippen molar-refractivity contribution < 1.29 is 4.74 Å². The van der Waals surface area contributed by atoms with E-state index in [9.17, 15) is 0 Å². The van der Waals surface area contributed by atoms with Gasteiger partial charge in [-0.1, -0.05) is 11.6 Å². The van der Waals surface area contributed by atoms with Crippen LogP contribution in [0.3, 0.4) is 0 Å². The summed E-state index contributed by atoms with van der Waals surface area (Å²) in [4.78, 5) is 0. The van der Waals surface area contributed by atoms with E-state index >= 15 is 0 Å². The van der Waals surface area contributed by atoms with Crippen molar-refractivity contribution in [2.75, 3.05) is 20.2 Å². The van der Waals surface area contributed by atoms with Gasteiger partial charge in [0, 0.05) is 5.02 Å². The van der Waals surface area contributed by atoms with Gasteiger partial charge in [-0.3, -0.25) is 0 Å². The molecule has 0 bridgehead atoms. The first kappa shape index (κ1) is 12.7. The number of hydrogen-bond acceptors (Lipinski definition) is 2. The number of benzene rings is 1. The Bertz CT molecular complexity index is 386. The highest BCUT2D eigenvalue weighted by atomic mass is 35.5. The molecule has 0 aliphatic carbocycles. The maximum atomic E-state index is 6.19. The Hall–Kier alpha value is -0.730. The largest absolute Gasteiger partial charge is 0.496 e. The highest BCUT2D eigenvalue weighted by molar-refractivity contribution is 6.31. The quantitative estimate of drug-likeness (QED) is 0.893. The van der Waals surface area contributed by atoms with Crippen molar-refractivity contribution in [2.24, 2.45) is 5.92 Å². The molecule has 0 radical (unpaired) electrons. The van der Waals surface area contributed by atoms with Crippen molar-refractivity contribution in [1.29, 1.82) is 0 Å². The Morgan fingerprint density at radius 1 is 1.35 bits per heavy atom. The summed E-state index contributed by atoms with van der Waals surface area (Å²) in [6.07, 6.45) is 3.56. The number of hydrogen-bond donors (Lipinski definition) is 1. The van der Waals surface area contributed by atoms with E-state index in [0.717, 1.165) is 41.8 Å². The highest BCUT2D eigenvalue weighted by Gasteiger charge is 2.16. The van der Waals surface area contributed by atoms with Crippen LogP contribution < -0.4 is 10.1 Å². The van der Waals surface area contributed by atoms with Crippen LogP contribution in [0.25, 0.3) is 0 Å². The van der Waals surface area contributed by atoms with Crippen LogP contribution in [0.4, 0.5) is 0 Å². The van der Waals surface area contributed by atoms with E-state index in [1.54, 1.807) is 7.11 Å². The van der Waals surface area contributed by atoms with Crippen LogP contribution in [-0.4, -0.2) is 20.2 Å². The van der Waals surface area contributed by atoms with Gasteiger partial charge < -0.3 is 10.1 Å². The molecule has 1 heterocycles. The standard InChI is InChI=1S/C14H20ClNO/c1-10-7-14(17-2)12(9-13(10)15)8-11-3-5-16-6-4-11/h7,9,11,16H,3-6,8H2,1-2H3. The van der Waals surface area contributed by atoms with Crippen LogP contribution in [0.1, 0.15) is 24.0 Å². The number of rotatable bonds is 3. The predicted octanol–water partition coefficient (Wildman–Crippen LogP) is 3.20. The van der Waals surface area contributed by atoms with Crippen LogP contribution >= 0.6 is 11.6 Å². The smallest absolute Gasteiger partial charge is 0.122 e. The third kappa shape index (κ3) is 3.14. The average molecular weight is 254 g/mol. The molecular formula is C14H20ClNO. The molecule has 2 nitrogen and oxygen atoms in total. The second kappa shape index (κ2) is 5.74. The van der Waals surface area contributed by atoms with E-state index in [4.69, 9.17) is 16.3 Å². The first-order valence-electron chi connectivity index (χ1n) is 6.24. The number of nitrogens with one attached hydrogen (secondary N) is 1. The van der Waals surface area contributed by atoms with Gasteiger partial charge in [-0.25, -0.2) is 0 Å². The first-order chi connectivity index (χ1) is 8.20. The average Bonchev–Trinajstić information content (AvgIpc) is 2.35. The maximum Gasteiger partial charge on any atom is 0.122 e. The Morgan fingerprint density at radius 2 is 2.06 bits per heavy atom. The predicted molar refractivity (Wildman–Crippen MR) is 72.0 cm³/mol. The number of methoxy groups -OCH3 is 1. The molecule has 0 aromatic heterocycles.